The smallest absolute Gasteiger partial charge is 0.416 e. The number of nitrogens with zero attached hydrogens (tertiary/aromatic N) is 4. The quantitative estimate of drug-likeness (QED) is 0.429. The van der Waals surface area contributed by atoms with E-state index in [0.717, 1.165) is 15.9 Å². The third kappa shape index (κ3) is 4.47. The topological polar surface area (TPSA) is 102 Å². The first-order valence-corrected chi connectivity index (χ1v) is 9.98. The predicted molar refractivity (Wildman–Crippen MR) is 114 cm³/mol. The van der Waals surface area contributed by atoms with Gasteiger partial charge in [-0.1, -0.05) is 6.92 Å². The zero-order chi connectivity index (χ0) is 24.6. The Morgan fingerprint density at radius 3 is 2.56 bits per heavy atom. The molecular weight excluding hydrogens is 458 g/mol. The summed E-state index contributed by atoms with van der Waals surface area (Å²) in [6, 6.07) is 6.90. The van der Waals surface area contributed by atoms with Gasteiger partial charge in [0.2, 0.25) is 11.8 Å². The lowest BCUT2D eigenvalue weighted by Gasteiger charge is -2.20. The number of nitrogens with two attached hydrogens (primary N) is 1. The normalized spacial score (nSPS) is 14.1. The molecule has 4 rings (SSSR count). The highest BCUT2D eigenvalue weighted by atomic mass is 19.4. The molecule has 1 fully saturated rings. The van der Waals surface area contributed by atoms with Crippen LogP contribution in [0.5, 0.6) is 11.6 Å². The molecule has 0 aliphatic carbocycles. The van der Waals surface area contributed by atoms with Crippen molar-refractivity contribution in [3.05, 3.63) is 65.6 Å². The maximum atomic E-state index is 13.9. The second-order valence-electron chi connectivity index (χ2n) is 7.29. The summed E-state index contributed by atoms with van der Waals surface area (Å²) >= 11 is 0. The molecule has 2 aromatic carbocycles. The molecule has 2 heterocycles. The van der Waals surface area contributed by atoms with Gasteiger partial charge in [-0.2, -0.15) is 18.2 Å². The Hall–Kier alpha value is -4.22. The highest BCUT2D eigenvalue weighted by Crippen LogP contribution is 2.36. The van der Waals surface area contributed by atoms with Crippen molar-refractivity contribution in [3.8, 4) is 11.6 Å². The van der Waals surface area contributed by atoms with Gasteiger partial charge in [-0.3, -0.25) is 9.69 Å². The van der Waals surface area contributed by atoms with E-state index in [4.69, 9.17) is 10.5 Å². The molecule has 1 aliphatic heterocycles. The average Bonchev–Trinajstić information content (AvgIpc) is 3.06. The molecule has 176 valence electrons. The first kappa shape index (κ1) is 23.0. The SMILES string of the molecule is CCc1cc(Oc2ccnc(N)n2)ccc1N1C(=O)CN(c2cc(F)cc(C(F)(F)F)c2)C1=O. The van der Waals surface area contributed by atoms with E-state index in [1.54, 1.807) is 13.0 Å². The number of aryl methyl sites for hydroxylation is 1. The van der Waals surface area contributed by atoms with E-state index in [0.29, 0.717) is 29.9 Å². The van der Waals surface area contributed by atoms with Crippen molar-refractivity contribution < 1.29 is 31.9 Å². The Morgan fingerprint density at radius 1 is 1.12 bits per heavy atom. The van der Waals surface area contributed by atoms with E-state index < -0.39 is 36.0 Å². The van der Waals surface area contributed by atoms with Crippen LogP contribution in [0.3, 0.4) is 0 Å². The van der Waals surface area contributed by atoms with Crippen LogP contribution in [0.15, 0.2) is 48.7 Å². The average molecular weight is 475 g/mol. The second-order valence-corrected chi connectivity index (χ2v) is 7.29. The third-order valence-electron chi connectivity index (χ3n) is 5.03. The van der Waals surface area contributed by atoms with Crippen molar-refractivity contribution >= 4 is 29.3 Å². The van der Waals surface area contributed by atoms with Gasteiger partial charge in [-0.25, -0.2) is 19.1 Å². The number of rotatable bonds is 5. The Morgan fingerprint density at radius 2 is 1.88 bits per heavy atom. The Bertz CT molecular complexity index is 1280. The number of hydrogen-bond donors (Lipinski definition) is 1. The molecule has 1 saturated heterocycles. The first-order valence-electron chi connectivity index (χ1n) is 9.98. The molecule has 3 aromatic rings. The number of nitrogen functional groups attached to an aromatic ring is 1. The van der Waals surface area contributed by atoms with Crippen LogP contribution in [0.2, 0.25) is 0 Å². The van der Waals surface area contributed by atoms with E-state index in [2.05, 4.69) is 9.97 Å². The van der Waals surface area contributed by atoms with Crippen molar-refractivity contribution in [3.63, 3.8) is 0 Å². The number of urea groups is 1. The van der Waals surface area contributed by atoms with Crippen LogP contribution in [0.1, 0.15) is 18.1 Å². The van der Waals surface area contributed by atoms with Crippen molar-refractivity contribution in [1.29, 1.82) is 0 Å². The molecule has 2 N–H and O–H groups in total. The van der Waals surface area contributed by atoms with Crippen LogP contribution >= 0.6 is 0 Å². The number of amides is 3. The number of carbonyl (C=O) groups excluding carboxylic acids is 2. The number of anilines is 3. The molecule has 0 bridgehead atoms. The minimum atomic E-state index is -4.82. The number of halogens is 4. The summed E-state index contributed by atoms with van der Waals surface area (Å²) in [7, 11) is 0. The molecule has 0 spiro atoms. The third-order valence-corrected chi connectivity index (χ3v) is 5.03. The maximum absolute atomic E-state index is 13.9. The molecule has 0 radical (unpaired) electrons. The fourth-order valence-corrected chi connectivity index (χ4v) is 3.49. The molecule has 0 atom stereocenters. The molecule has 1 aromatic heterocycles. The summed E-state index contributed by atoms with van der Waals surface area (Å²) in [5.41, 5.74) is 4.70. The summed E-state index contributed by atoms with van der Waals surface area (Å²) in [5.74, 6) is -1.29. The number of aromatic nitrogens is 2. The zero-order valence-electron chi connectivity index (χ0n) is 17.6. The van der Waals surface area contributed by atoms with Crippen LogP contribution in [-0.4, -0.2) is 28.5 Å². The number of imide groups is 1. The monoisotopic (exact) mass is 475 g/mol. The van der Waals surface area contributed by atoms with E-state index in [1.165, 1.54) is 24.4 Å². The second kappa shape index (κ2) is 8.61. The fourth-order valence-electron chi connectivity index (χ4n) is 3.49. The van der Waals surface area contributed by atoms with Gasteiger partial charge in [0.15, 0.2) is 0 Å². The van der Waals surface area contributed by atoms with Gasteiger partial charge < -0.3 is 10.5 Å². The number of alkyl halides is 3. The largest absolute Gasteiger partial charge is 0.439 e. The number of ether oxygens (including phenoxy) is 1. The highest BCUT2D eigenvalue weighted by Gasteiger charge is 2.40. The molecule has 1 aliphatic rings. The van der Waals surface area contributed by atoms with Crippen molar-refractivity contribution in [2.75, 3.05) is 22.1 Å². The van der Waals surface area contributed by atoms with E-state index in [1.807, 2.05) is 0 Å². The Kier molecular flexibility index (Phi) is 5.82. The lowest BCUT2D eigenvalue weighted by molar-refractivity contribution is -0.137. The van der Waals surface area contributed by atoms with E-state index in [-0.39, 0.29) is 23.2 Å². The van der Waals surface area contributed by atoms with E-state index in [9.17, 15) is 27.2 Å². The predicted octanol–water partition coefficient (Wildman–Crippen LogP) is 4.54. The van der Waals surface area contributed by atoms with Gasteiger partial charge in [0, 0.05) is 18.0 Å². The van der Waals surface area contributed by atoms with Crippen molar-refractivity contribution in [2.45, 2.75) is 19.5 Å². The van der Waals surface area contributed by atoms with Crippen LogP contribution in [0.4, 0.5) is 39.7 Å². The lowest BCUT2D eigenvalue weighted by Crippen LogP contribution is -2.33. The van der Waals surface area contributed by atoms with Crippen molar-refractivity contribution in [2.24, 2.45) is 0 Å². The molecule has 34 heavy (non-hydrogen) atoms. The van der Waals surface area contributed by atoms with E-state index >= 15 is 0 Å². The number of hydrogen-bond acceptors (Lipinski definition) is 6. The van der Waals surface area contributed by atoms with Crippen LogP contribution in [0.25, 0.3) is 0 Å². The molecule has 0 saturated carbocycles. The van der Waals surface area contributed by atoms with Gasteiger partial charge in [0.05, 0.1) is 11.3 Å². The van der Waals surface area contributed by atoms with Gasteiger partial charge in [-0.05, 0) is 48.4 Å². The standard InChI is InChI=1S/C22H17F4N5O3/c1-2-12-7-16(34-18-5-6-28-20(27)29-18)3-4-17(12)31-19(32)11-30(21(31)33)15-9-13(22(24,25)26)8-14(23)10-15/h3-10H,2,11H2,1H3,(H2,27,28,29). The molecule has 0 unspecified atom stereocenters. The Labute approximate surface area is 190 Å². The fraction of sp³-hybridized carbons (Fsp3) is 0.182. The summed E-state index contributed by atoms with van der Waals surface area (Å²) in [4.78, 5) is 35.1. The highest BCUT2D eigenvalue weighted by molar-refractivity contribution is 6.27. The van der Waals surface area contributed by atoms with Crippen LogP contribution < -0.4 is 20.3 Å². The lowest BCUT2D eigenvalue weighted by atomic mass is 10.1. The van der Waals surface area contributed by atoms with Gasteiger partial charge in [-0.15, -0.1) is 0 Å². The minimum Gasteiger partial charge on any atom is -0.439 e. The van der Waals surface area contributed by atoms with Gasteiger partial charge in [0.1, 0.15) is 18.1 Å². The van der Waals surface area contributed by atoms with Crippen molar-refractivity contribution in [1.82, 2.24) is 9.97 Å². The Balaban J connectivity index is 1.64. The van der Waals surface area contributed by atoms with Crippen LogP contribution in [-0.2, 0) is 17.4 Å². The molecule has 8 nitrogen and oxygen atoms in total. The van der Waals surface area contributed by atoms with Crippen LogP contribution in [0, 0.1) is 5.82 Å². The summed E-state index contributed by atoms with van der Waals surface area (Å²) in [6.45, 7) is 1.25. The van der Waals surface area contributed by atoms with Gasteiger partial charge >= 0.3 is 12.2 Å². The molecule has 3 amide bonds. The number of carbonyl (C=O) groups is 2. The van der Waals surface area contributed by atoms with Gasteiger partial charge in [0.25, 0.3) is 5.91 Å². The first-order chi connectivity index (χ1) is 16.1. The summed E-state index contributed by atoms with van der Waals surface area (Å²) in [5, 5.41) is 0. The molecular formula is C22H17F4N5O3. The summed E-state index contributed by atoms with van der Waals surface area (Å²) < 4.78 is 58.8. The summed E-state index contributed by atoms with van der Waals surface area (Å²) in [6.07, 6.45) is -3.00. The zero-order valence-corrected chi connectivity index (χ0v) is 17.6. The minimum absolute atomic E-state index is 0.0178. The number of benzene rings is 2. The molecule has 12 heteroatoms. The maximum Gasteiger partial charge on any atom is 0.416 e.